The van der Waals surface area contributed by atoms with Crippen LogP contribution in [0.1, 0.15) is 44.7 Å². The third-order valence-electron chi connectivity index (χ3n) is 5.28. The molecule has 3 rings (SSSR count). The van der Waals surface area contributed by atoms with Crippen LogP contribution in [0, 0.1) is 5.82 Å². The van der Waals surface area contributed by atoms with Crippen LogP contribution < -0.4 is 20.7 Å². The second kappa shape index (κ2) is 11.0. The molecule has 1 fully saturated rings. The van der Waals surface area contributed by atoms with E-state index in [1.165, 1.54) is 6.07 Å². The number of guanidine groups is 1. The van der Waals surface area contributed by atoms with E-state index in [-0.39, 0.29) is 23.7 Å². The third kappa shape index (κ3) is 7.55. The number of hydrogen-bond acceptors (Lipinski definition) is 3. The minimum atomic E-state index is -0.271. The Kier molecular flexibility index (Phi) is 8.09. The van der Waals surface area contributed by atoms with Crippen LogP contribution in [0.4, 0.5) is 4.39 Å². The summed E-state index contributed by atoms with van der Waals surface area (Å²) in [7, 11) is 0. The molecule has 0 aliphatic heterocycles. The Morgan fingerprint density at radius 1 is 1.16 bits per heavy atom. The zero-order valence-electron chi connectivity index (χ0n) is 19.1. The Labute approximate surface area is 189 Å². The van der Waals surface area contributed by atoms with Gasteiger partial charge in [-0.05, 0) is 55.2 Å². The average Bonchev–Trinajstić information content (AvgIpc) is 3.58. The van der Waals surface area contributed by atoms with E-state index in [9.17, 15) is 9.18 Å². The quantitative estimate of drug-likeness (QED) is 0.390. The topological polar surface area (TPSA) is 74.8 Å². The lowest BCUT2D eigenvalue weighted by Crippen LogP contribution is -2.43. The molecule has 172 valence electrons. The molecule has 6 nitrogen and oxygen atoms in total. The van der Waals surface area contributed by atoms with Gasteiger partial charge in [0.15, 0.2) is 12.6 Å². The lowest BCUT2D eigenvalue weighted by Gasteiger charge is -2.27. The number of carbonyl (C=O) groups is 1. The number of hydrogen-bond donors (Lipinski definition) is 3. The molecule has 0 radical (unpaired) electrons. The van der Waals surface area contributed by atoms with Gasteiger partial charge in [-0.25, -0.2) is 9.38 Å². The molecule has 0 atom stereocenters. The van der Waals surface area contributed by atoms with Crippen molar-refractivity contribution in [2.75, 3.05) is 19.7 Å². The van der Waals surface area contributed by atoms with Crippen molar-refractivity contribution in [3.8, 4) is 5.75 Å². The second-order valence-corrected chi connectivity index (χ2v) is 8.72. The van der Waals surface area contributed by atoms with E-state index in [0.717, 1.165) is 30.5 Å². The van der Waals surface area contributed by atoms with Crippen LogP contribution in [-0.2, 0) is 16.8 Å². The Morgan fingerprint density at radius 3 is 2.66 bits per heavy atom. The molecule has 1 aliphatic rings. The van der Waals surface area contributed by atoms with Gasteiger partial charge in [0.1, 0.15) is 11.6 Å². The average molecular weight is 441 g/mol. The van der Waals surface area contributed by atoms with E-state index in [1.54, 1.807) is 12.1 Å². The van der Waals surface area contributed by atoms with Crippen molar-refractivity contribution >= 4 is 11.9 Å². The summed E-state index contributed by atoms with van der Waals surface area (Å²) < 4.78 is 19.2. The largest absolute Gasteiger partial charge is 0.484 e. The van der Waals surface area contributed by atoms with Crippen molar-refractivity contribution in [3.05, 3.63) is 65.5 Å². The molecule has 0 saturated heterocycles. The van der Waals surface area contributed by atoms with Gasteiger partial charge in [0.05, 0.1) is 6.54 Å². The third-order valence-corrected chi connectivity index (χ3v) is 5.28. The normalized spacial score (nSPS) is 14.1. The molecule has 7 heteroatoms. The second-order valence-electron chi connectivity index (χ2n) is 8.72. The van der Waals surface area contributed by atoms with E-state index >= 15 is 0 Å². The number of halogens is 1. The first-order valence-corrected chi connectivity index (χ1v) is 11.1. The highest BCUT2D eigenvalue weighted by Gasteiger charge is 2.23. The van der Waals surface area contributed by atoms with Crippen LogP contribution in [0.2, 0.25) is 0 Å². The van der Waals surface area contributed by atoms with E-state index in [2.05, 4.69) is 34.8 Å². The molecular weight excluding hydrogens is 407 g/mol. The zero-order valence-corrected chi connectivity index (χ0v) is 19.1. The summed E-state index contributed by atoms with van der Waals surface area (Å²) in [5.41, 5.74) is 1.63. The number of rotatable bonds is 10. The molecule has 1 saturated carbocycles. The van der Waals surface area contributed by atoms with Crippen molar-refractivity contribution in [2.45, 2.75) is 51.6 Å². The number of amides is 1. The van der Waals surface area contributed by atoms with E-state index in [1.807, 2.05) is 37.3 Å². The zero-order chi connectivity index (χ0) is 23.0. The van der Waals surface area contributed by atoms with Crippen molar-refractivity contribution in [3.63, 3.8) is 0 Å². The van der Waals surface area contributed by atoms with E-state index in [0.29, 0.717) is 30.8 Å². The Balaban J connectivity index is 1.56. The van der Waals surface area contributed by atoms with Crippen molar-refractivity contribution < 1.29 is 13.9 Å². The SMILES string of the molecule is CCNC(=NCc1cccc(OCC(=O)NC2CC2)c1)NCC(C)(C)c1cccc(F)c1. The first-order valence-electron chi connectivity index (χ1n) is 11.1. The molecule has 1 amide bonds. The van der Waals surface area contributed by atoms with Crippen LogP contribution >= 0.6 is 0 Å². The molecule has 0 unspecified atom stereocenters. The minimum absolute atomic E-state index is 0.0164. The minimum Gasteiger partial charge on any atom is -0.484 e. The predicted octanol–water partition coefficient (Wildman–Crippen LogP) is 3.52. The lowest BCUT2D eigenvalue weighted by atomic mass is 9.84. The Hall–Kier alpha value is -3.09. The van der Waals surface area contributed by atoms with Crippen LogP contribution in [0.3, 0.4) is 0 Å². The fourth-order valence-electron chi connectivity index (χ4n) is 3.21. The molecule has 3 N–H and O–H groups in total. The standard InChI is InChI=1S/C25H33FN4O2/c1-4-27-24(29-17-25(2,3)19-8-6-9-20(26)14-19)28-15-18-7-5-10-22(13-18)32-16-23(31)30-21-11-12-21/h5-10,13-14,21H,4,11-12,15-17H2,1-3H3,(H,30,31)(H2,27,28,29). The van der Waals surface area contributed by atoms with Gasteiger partial charge in [0.25, 0.3) is 5.91 Å². The Morgan fingerprint density at radius 2 is 1.94 bits per heavy atom. The fraction of sp³-hybridized carbons (Fsp3) is 0.440. The summed E-state index contributed by atoms with van der Waals surface area (Å²) in [5.74, 6) is 1.01. The highest BCUT2D eigenvalue weighted by atomic mass is 19.1. The number of carbonyl (C=O) groups excluding carboxylic acids is 1. The van der Waals surface area contributed by atoms with Gasteiger partial charge < -0.3 is 20.7 Å². The fourth-order valence-corrected chi connectivity index (χ4v) is 3.21. The summed E-state index contributed by atoms with van der Waals surface area (Å²) in [6.07, 6.45) is 2.11. The molecule has 2 aromatic carbocycles. The number of ether oxygens (including phenoxy) is 1. The number of benzene rings is 2. The number of nitrogens with zero attached hydrogens (tertiary/aromatic N) is 1. The summed E-state index contributed by atoms with van der Waals surface area (Å²) in [4.78, 5) is 16.5. The van der Waals surface area contributed by atoms with Crippen molar-refractivity contribution in [2.24, 2.45) is 4.99 Å². The van der Waals surface area contributed by atoms with Gasteiger partial charge in [-0.1, -0.05) is 38.1 Å². The first-order chi connectivity index (χ1) is 15.4. The molecule has 32 heavy (non-hydrogen) atoms. The van der Waals surface area contributed by atoms with Crippen molar-refractivity contribution in [1.29, 1.82) is 0 Å². The highest BCUT2D eigenvalue weighted by Crippen LogP contribution is 2.23. The van der Waals surface area contributed by atoms with Crippen LogP contribution in [0.25, 0.3) is 0 Å². The molecule has 0 bridgehead atoms. The number of nitrogens with one attached hydrogen (secondary N) is 3. The van der Waals surface area contributed by atoms with Gasteiger partial charge in [0, 0.05) is 24.5 Å². The summed E-state index contributed by atoms with van der Waals surface area (Å²) >= 11 is 0. The Bertz CT molecular complexity index is 941. The number of aliphatic imine (C=N–C) groups is 1. The highest BCUT2D eigenvalue weighted by molar-refractivity contribution is 5.80. The molecule has 0 spiro atoms. The molecular formula is C25H33FN4O2. The van der Waals surface area contributed by atoms with Gasteiger partial charge >= 0.3 is 0 Å². The van der Waals surface area contributed by atoms with Crippen molar-refractivity contribution in [1.82, 2.24) is 16.0 Å². The molecule has 0 aromatic heterocycles. The van der Waals surface area contributed by atoms with Gasteiger partial charge in [0.2, 0.25) is 0 Å². The maximum Gasteiger partial charge on any atom is 0.258 e. The maximum absolute atomic E-state index is 13.6. The van der Waals surface area contributed by atoms with Crippen LogP contribution in [0.15, 0.2) is 53.5 Å². The smallest absolute Gasteiger partial charge is 0.258 e. The summed E-state index contributed by atoms with van der Waals surface area (Å²) in [5, 5.41) is 9.52. The molecule has 1 aliphatic carbocycles. The van der Waals surface area contributed by atoms with Gasteiger partial charge in [-0.2, -0.15) is 0 Å². The summed E-state index contributed by atoms with van der Waals surface area (Å²) in [6.45, 7) is 7.95. The molecule has 2 aromatic rings. The summed E-state index contributed by atoms with van der Waals surface area (Å²) in [6, 6.07) is 14.6. The first kappa shape index (κ1) is 23.6. The van der Waals surface area contributed by atoms with Gasteiger partial charge in [-0.3, -0.25) is 4.79 Å². The van der Waals surface area contributed by atoms with Crippen LogP contribution in [-0.4, -0.2) is 37.6 Å². The lowest BCUT2D eigenvalue weighted by molar-refractivity contribution is -0.123. The maximum atomic E-state index is 13.6. The van der Waals surface area contributed by atoms with Crippen LogP contribution in [0.5, 0.6) is 5.75 Å². The van der Waals surface area contributed by atoms with E-state index < -0.39 is 0 Å². The monoisotopic (exact) mass is 440 g/mol. The van der Waals surface area contributed by atoms with E-state index in [4.69, 9.17) is 4.74 Å². The van der Waals surface area contributed by atoms with Gasteiger partial charge in [-0.15, -0.1) is 0 Å². The molecule has 0 heterocycles. The predicted molar refractivity (Wildman–Crippen MR) is 125 cm³/mol.